The zero-order chi connectivity index (χ0) is 14.8. The molecule has 5 heteroatoms. The van der Waals surface area contributed by atoms with Gasteiger partial charge in [0, 0.05) is 17.5 Å². The molecule has 1 unspecified atom stereocenters. The second-order valence-electron chi connectivity index (χ2n) is 5.10. The van der Waals surface area contributed by atoms with Crippen molar-refractivity contribution in [3.05, 3.63) is 59.0 Å². The number of carboxylic acid groups (broad SMARTS) is 1. The van der Waals surface area contributed by atoms with Crippen LogP contribution in [0.1, 0.15) is 50.9 Å². The third kappa shape index (κ3) is 2.67. The van der Waals surface area contributed by atoms with E-state index in [-0.39, 0.29) is 17.5 Å². The van der Waals surface area contributed by atoms with Gasteiger partial charge >= 0.3 is 5.97 Å². The molecule has 5 nitrogen and oxygen atoms in total. The third-order valence-electron chi connectivity index (χ3n) is 3.75. The Hall–Kier alpha value is -2.56. The topological polar surface area (TPSA) is 79.5 Å². The minimum absolute atomic E-state index is 0.0425. The van der Waals surface area contributed by atoms with Gasteiger partial charge in [-0.1, -0.05) is 0 Å². The van der Waals surface area contributed by atoms with Crippen LogP contribution in [0, 0.1) is 0 Å². The fourth-order valence-corrected chi connectivity index (χ4v) is 2.64. The lowest BCUT2D eigenvalue weighted by Gasteiger charge is -2.22. The highest BCUT2D eigenvalue weighted by Crippen LogP contribution is 2.30. The Morgan fingerprint density at radius 2 is 1.86 bits per heavy atom. The minimum Gasteiger partial charge on any atom is -0.478 e. The average molecular weight is 285 g/mol. The molecule has 0 fully saturated rings. The maximum Gasteiger partial charge on any atom is 0.335 e. The van der Waals surface area contributed by atoms with Crippen LogP contribution in [0.3, 0.4) is 0 Å². The van der Waals surface area contributed by atoms with Crippen LogP contribution in [0.5, 0.6) is 0 Å². The Morgan fingerprint density at radius 1 is 1.14 bits per heavy atom. The van der Waals surface area contributed by atoms with Gasteiger partial charge < -0.3 is 14.8 Å². The summed E-state index contributed by atoms with van der Waals surface area (Å²) in [5.74, 6) is -0.268. The van der Waals surface area contributed by atoms with E-state index >= 15 is 0 Å². The molecule has 21 heavy (non-hydrogen) atoms. The van der Waals surface area contributed by atoms with Crippen molar-refractivity contribution >= 4 is 11.9 Å². The number of rotatable bonds is 3. The second kappa shape index (κ2) is 5.44. The Morgan fingerprint density at radius 3 is 2.57 bits per heavy atom. The number of aromatic carboxylic acids is 1. The molecule has 1 heterocycles. The summed E-state index contributed by atoms with van der Waals surface area (Å²) in [4.78, 5) is 23.0. The number of furan rings is 1. The lowest BCUT2D eigenvalue weighted by Crippen LogP contribution is -2.30. The van der Waals surface area contributed by atoms with Gasteiger partial charge in [-0.2, -0.15) is 0 Å². The number of hydrogen-bond donors (Lipinski definition) is 2. The first kappa shape index (κ1) is 13.4. The Balaban J connectivity index is 1.74. The summed E-state index contributed by atoms with van der Waals surface area (Å²) < 4.78 is 5.40. The van der Waals surface area contributed by atoms with Gasteiger partial charge in [-0.25, -0.2) is 4.79 Å². The van der Waals surface area contributed by atoms with Gasteiger partial charge in [0.2, 0.25) is 0 Å². The summed E-state index contributed by atoms with van der Waals surface area (Å²) in [6.45, 7) is 0. The second-order valence-corrected chi connectivity index (χ2v) is 5.10. The van der Waals surface area contributed by atoms with Crippen LogP contribution in [-0.2, 0) is 6.42 Å². The molecule has 0 saturated heterocycles. The predicted octanol–water partition coefficient (Wildman–Crippen LogP) is 2.79. The number of carboxylic acids is 1. The summed E-state index contributed by atoms with van der Waals surface area (Å²) in [6.07, 6.45) is 4.41. The maximum atomic E-state index is 12.2. The van der Waals surface area contributed by atoms with Gasteiger partial charge in [-0.05, 0) is 43.2 Å². The number of hydrogen-bond acceptors (Lipinski definition) is 3. The first-order chi connectivity index (χ1) is 10.1. The smallest absolute Gasteiger partial charge is 0.335 e. The normalized spacial score (nSPS) is 17.0. The van der Waals surface area contributed by atoms with Crippen LogP contribution in [0.4, 0.5) is 0 Å². The number of carbonyl (C=O) groups excluding carboxylic acids is 1. The Bertz CT molecular complexity index is 672. The molecule has 108 valence electrons. The van der Waals surface area contributed by atoms with E-state index in [9.17, 15) is 9.59 Å². The molecule has 1 aliphatic carbocycles. The molecule has 0 saturated carbocycles. The molecular weight excluding hydrogens is 270 g/mol. The molecule has 1 aromatic carbocycles. The van der Waals surface area contributed by atoms with Crippen molar-refractivity contribution in [2.24, 2.45) is 0 Å². The standard InChI is InChI=1S/C16H15NO4/c18-15(10-4-6-11(7-5-10)16(19)20)17-13-2-1-3-14-12(13)8-9-21-14/h4-9,13H,1-3H2,(H,17,18)(H,19,20). The first-order valence-corrected chi connectivity index (χ1v) is 6.85. The van der Waals surface area contributed by atoms with E-state index in [1.54, 1.807) is 6.26 Å². The van der Waals surface area contributed by atoms with Crippen LogP contribution in [0.2, 0.25) is 0 Å². The molecule has 2 N–H and O–H groups in total. The van der Waals surface area contributed by atoms with Crippen molar-refractivity contribution in [1.82, 2.24) is 5.32 Å². The van der Waals surface area contributed by atoms with Gasteiger partial charge in [0.25, 0.3) is 5.91 Å². The van der Waals surface area contributed by atoms with Crippen molar-refractivity contribution in [2.75, 3.05) is 0 Å². The maximum absolute atomic E-state index is 12.2. The number of aryl methyl sites for hydroxylation is 1. The zero-order valence-corrected chi connectivity index (χ0v) is 11.3. The van der Waals surface area contributed by atoms with Crippen LogP contribution in [0.15, 0.2) is 41.0 Å². The van der Waals surface area contributed by atoms with Gasteiger partial charge in [-0.3, -0.25) is 4.79 Å². The van der Waals surface area contributed by atoms with Crippen molar-refractivity contribution in [3.63, 3.8) is 0 Å². The van der Waals surface area contributed by atoms with E-state index in [2.05, 4.69) is 5.32 Å². The summed E-state index contributed by atoms with van der Waals surface area (Å²) in [5.41, 5.74) is 1.66. The molecule has 0 spiro atoms. The molecule has 0 bridgehead atoms. The van der Waals surface area contributed by atoms with Crippen LogP contribution < -0.4 is 5.32 Å². The van der Waals surface area contributed by atoms with Gasteiger partial charge in [0.15, 0.2) is 0 Å². The molecule has 1 amide bonds. The number of nitrogens with one attached hydrogen (secondary N) is 1. The quantitative estimate of drug-likeness (QED) is 0.908. The highest BCUT2D eigenvalue weighted by atomic mass is 16.4. The lowest BCUT2D eigenvalue weighted by molar-refractivity contribution is 0.0696. The Labute approximate surface area is 121 Å². The summed E-state index contributed by atoms with van der Waals surface area (Å²) in [7, 11) is 0. The molecular formula is C16H15NO4. The van der Waals surface area contributed by atoms with Crippen molar-refractivity contribution in [1.29, 1.82) is 0 Å². The van der Waals surface area contributed by atoms with Crippen LogP contribution in [-0.4, -0.2) is 17.0 Å². The van der Waals surface area contributed by atoms with Crippen LogP contribution in [0.25, 0.3) is 0 Å². The first-order valence-electron chi connectivity index (χ1n) is 6.85. The van der Waals surface area contributed by atoms with E-state index in [1.807, 2.05) is 6.07 Å². The molecule has 2 aromatic rings. The van der Waals surface area contributed by atoms with Crippen molar-refractivity contribution < 1.29 is 19.1 Å². The fraction of sp³-hybridized carbons (Fsp3) is 0.250. The molecule has 1 atom stereocenters. The number of benzene rings is 1. The molecule has 0 aliphatic heterocycles. The predicted molar refractivity (Wildman–Crippen MR) is 75.3 cm³/mol. The number of amides is 1. The molecule has 3 rings (SSSR count). The number of carbonyl (C=O) groups is 2. The summed E-state index contributed by atoms with van der Waals surface area (Å²) in [6, 6.07) is 7.77. The van der Waals surface area contributed by atoms with Crippen molar-refractivity contribution in [2.45, 2.75) is 25.3 Å². The van der Waals surface area contributed by atoms with E-state index in [0.717, 1.165) is 30.6 Å². The van der Waals surface area contributed by atoms with E-state index in [0.29, 0.717) is 5.56 Å². The van der Waals surface area contributed by atoms with Gasteiger partial charge in [0.1, 0.15) is 5.76 Å². The van der Waals surface area contributed by atoms with Gasteiger partial charge in [0.05, 0.1) is 17.9 Å². The Kier molecular flexibility index (Phi) is 3.48. The van der Waals surface area contributed by atoms with Crippen molar-refractivity contribution in [3.8, 4) is 0 Å². The zero-order valence-electron chi connectivity index (χ0n) is 11.3. The SMILES string of the molecule is O=C(O)c1ccc(C(=O)NC2CCCc3occc32)cc1. The number of fused-ring (bicyclic) bond motifs is 1. The minimum atomic E-state index is -1.00. The van der Waals surface area contributed by atoms with E-state index < -0.39 is 5.97 Å². The highest BCUT2D eigenvalue weighted by Gasteiger charge is 2.24. The summed E-state index contributed by atoms with van der Waals surface area (Å²) >= 11 is 0. The monoisotopic (exact) mass is 285 g/mol. The molecule has 1 aliphatic rings. The average Bonchev–Trinajstić information content (AvgIpc) is 2.97. The van der Waals surface area contributed by atoms with Gasteiger partial charge in [-0.15, -0.1) is 0 Å². The molecule has 1 aromatic heterocycles. The van der Waals surface area contributed by atoms with E-state index in [4.69, 9.17) is 9.52 Å². The highest BCUT2D eigenvalue weighted by molar-refractivity contribution is 5.96. The van der Waals surface area contributed by atoms with Crippen LogP contribution >= 0.6 is 0 Å². The third-order valence-corrected chi connectivity index (χ3v) is 3.75. The molecule has 0 radical (unpaired) electrons. The largest absolute Gasteiger partial charge is 0.478 e. The fourth-order valence-electron chi connectivity index (χ4n) is 2.64. The lowest BCUT2D eigenvalue weighted by atomic mass is 9.93. The summed E-state index contributed by atoms with van der Waals surface area (Å²) in [5, 5.41) is 11.8. The van der Waals surface area contributed by atoms with E-state index in [1.165, 1.54) is 24.3 Å².